The van der Waals surface area contributed by atoms with Crippen LogP contribution in [0.1, 0.15) is 16.7 Å². The summed E-state index contributed by atoms with van der Waals surface area (Å²) in [5, 5.41) is 5.94. The van der Waals surface area contributed by atoms with Crippen molar-refractivity contribution in [2.24, 2.45) is 15.7 Å². The zero-order valence-corrected chi connectivity index (χ0v) is 29.8. The molecule has 7 aromatic carbocycles. The number of para-hydroxylation sites is 2. The van der Waals surface area contributed by atoms with Gasteiger partial charge < -0.3 is 19.0 Å². The molecule has 0 saturated heterocycles. The van der Waals surface area contributed by atoms with E-state index in [-0.39, 0.29) is 51.1 Å². The first-order valence-corrected chi connectivity index (χ1v) is 17.9. The lowest BCUT2D eigenvalue weighted by Crippen LogP contribution is -2.57. The molecule has 56 heavy (non-hydrogen) atoms. The Morgan fingerprint density at radius 3 is 1.73 bits per heavy atom. The van der Waals surface area contributed by atoms with Gasteiger partial charge >= 0.3 is 0 Å². The minimum Gasteiger partial charge on any atom is -0.456 e. The third-order valence-electron chi connectivity index (χ3n) is 10.5. The van der Waals surface area contributed by atoms with E-state index in [2.05, 4.69) is 30.3 Å². The second-order valence-corrected chi connectivity index (χ2v) is 13.8. The summed E-state index contributed by atoms with van der Waals surface area (Å²) >= 11 is 0. The van der Waals surface area contributed by atoms with E-state index in [0.717, 1.165) is 71.3 Å². The van der Waals surface area contributed by atoms with Crippen molar-refractivity contribution in [2.45, 2.75) is 6.54 Å². The number of hydrogen-bond acceptors (Lipinski definition) is 4. The highest BCUT2D eigenvalue weighted by molar-refractivity contribution is 6.68. The third-order valence-corrected chi connectivity index (χ3v) is 10.5. The molecule has 0 unspecified atom stereocenters. The van der Waals surface area contributed by atoms with Crippen molar-refractivity contribution in [2.75, 3.05) is 0 Å². The molecule has 10 radical (unpaired) electrons. The number of benzene rings is 7. The summed E-state index contributed by atoms with van der Waals surface area (Å²) in [4.78, 5) is 9.80. The van der Waals surface area contributed by atoms with Crippen molar-refractivity contribution in [1.29, 1.82) is 0 Å². The van der Waals surface area contributed by atoms with Crippen LogP contribution < -0.4 is 33.0 Å². The number of fused-ring (bicyclic) bond motifs is 9. The fourth-order valence-corrected chi connectivity index (χ4v) is 7.60. The van der Waals surface area contributed by atoms with Crippen LogP contribution in [0.25, 0.3) is 76.9 Å². The SMILES string of the molecule is [B]c1c([B])c([B])c(C(N=C(N)c2ccc3c(c2)oc2ccccc23)=NCc2cccc3oc4ccc(-c5ccc6c(c5)oc5ccccc56)cc4c23)c([B])c1[B]. The van der Waals surface area contributed by atoms with E-state index in [0.29, 0.717) is 16.7 Å². The number of hydrogen-bond donors (Lipinski definition) is 1. The Morgan fingerprint density at radius 2 is 1.02 bits per heavy atom. The number of amidine groups is 2. The molecule has 0 aliphatic heterocycles. The molecule has 3 heterocycles. The van der Waals surface area contributed by atoms with E-state index >= 15 is 0 Å². The lowest BCUT2D eigenvalue weighted by atomic mass is 9.60. The predicted octanol–water partition coefficient (Wildman–Crippen LogP) is 5.37. The first-order chi connectivity index (χ1) is 27.2. The van der Waals surface area contributed by atoms with Crippen molar-refractivity contribution in [1.82, 2.24) is 0 Å². The summed E-state index contributed by atoms with van der Waals surface area (Å²) in [7, 11) is 31.9. The molecular formula is C45H24B5N3O3. The van der Waals surface area contributed by atoms with Crippen LogP contribution in [0.4, 0.5) is 0 Å². The molecule has 10 aromatic rings. The summed E-state index contributed by atoms with van der Waals surface area (Å²) in [5.74, 6) is 0.280. The van der Waals surface area contributed by atoms with Crippen LogP contribution in [0, 0.1) is 0 Å². The first kappa shape index (κ1) is 33.9. The lowest BCUT2D eigenvalue weighted by Gasteiger charge is -2.21. The Kier molecular flexibility index (Phi) is 7.89. The maximum Gasteiger partial charge on any atom is 0.156 e. The van der Waals surface area contributed by atoms with Gasteiger partial charge in [0.2, 0.25) is 0 Å². The molecule has 11 heteroatoms. The maximum atomic E-state index is 6.71. The summed E-state index contributed by atoms with van der Waals surface area (Å²) in [6.45, 7) is 0.152. The first-order valence-electron chi connectivity index (χ1n) is 17.9. The van der Waals surface area contributed by atoms with Gasteiger partial charge in [-0.15, -0.1) is 16.4 Å². The van der Waals surface area contributed by atoms with Crippen LogP contribution in [0.15, 0.2) is 145 Å². The van der Waals surface area contributed by atoms with Gasteiger partial charge in [-0.3, -0.25) is 4.99 Å². The van der Waals surface area contributed by atoms with Crippen molar-refractivity contribution in [3.05, 3.63) is 138 Å². The highest BCUT2D eigenvalue weighted by Crippen LogP contribution is 2.37. The zero-order chi connectivity index (χ0) is 38.2. The molecule has 0 bridgehead atoms. The average molecular weight is 709 g/mol. The Morgan fingerprint density at radius 1 is 0.482 bits per heavy atom. The van der Waals surface area contributed by atoms with Gasteiger partial charge in [-0.2, -0.15) is 0 Å². The zero-order valence-electron chi connectivity index (χ0n) is 29.8. The van der Waals surface area contributed by atoms with Gasteiger partial charge in [0, 0.05) is 43.4 Å². The monoisotopic (exact) mass is 709 g/mol. The fourth-order valence-electron chi connectivity index (χ4n) is 7.60. The summed E-state index contributed by atoms with van der Waals surface area (Å²) in [5.41, 5.74) is 15.4. The van der Waals surface area contributed by atoms with Gasteiger partial charge in [-0.25, -0.2) is 4.99 Å². The number of aliphatic imine (C=N–C) groups is 2. The topological polar surface area (TPSA) is 90.2 Å². The van der Waals surface area contributed by atoms with Crippen molar-refractivity contribution >= 4 is 144 Å². The molecule has 2 N–H and O–H groups in total. The van der Waals surface area contributed by atoms with E-state index in [1.54, 1.807) is 0 Å². The van der Waals surface area contributed by atoms with Gasteiger partial charge in [-0.1, -0.05) is 77.7 Å². The predicted molar refractivity (Wildman–Crippen MR) is 235 cm³/mol. The van der Waals surface area contributed by atoms with Gasteiger partial charge in [0.05, 0.1) is 6.54 Å². The molecule has 0 spiro atoms. The fraction of sp³-hybridized carbons (Fsp3) is 0.0222. The minimum atomic E-state index is 0.0770. The van der Waals surface area contributed by atoms with Crippen molar-refractivity contribution in [3.8, 4) is 11.1 Å². The standard InChI is InChI=1S/C45H24B5N3O3/c46-39-38(40(47)42(49)43(50)41(39)48)45(53-44(51)24-13-16-29-27-8-2-4-10-32(27)56-36(29)20-24)52-21-25-6-5-11-34-37(25)30-18-22(14-17-33(30)54-34)23-12-15-28-26-7-1-3-9-31(26)55-35(28)19-23/h1-20H,21H2,(H2,51,52,53). The van der Waals surface area contributed by atoms with E-state index in [9.17, 15) is 0 Å². The maximum absolute atomic E-state index is 6.71. The Bertz CT molecular complexity index is 3290. The van der Waals surface area contributed by atoms with Crippen LogP contribution >= 0.6 is 0 Å². The molecule has 10 rings (SSSR count). The van der Waals surface area contributed by atoms with Crippen molar-refractivity contribution in [3.63, 3.8) is 0 Å². The molecule has 0 amide bonds. The van der Waals surface area contributed by atoms with Gasteiger partial charge in [0.15, 0.2) is 5.84 Å². The summed E-state index contributed by atoms with van der Waals surface area (Å²) in [6, 6.07) is 39.8. The molecule has 0 aliphatic carbocycles. The molecule has 0 atom stereocenters. The number of nitrogens with zero attached hydrogens (tertiary/aromatic N) is 2. The normalized spacial score (nSPS) is 12.6. The Balaban J connectivity index is 1.09. The molecule has 0 aliphatic rings. The number of rotatable bonds is 5. The lowest BCUT2D eigenvalue weighted by molar-refractivity contribution is 0.668. The quantitative estimate of drug-likeness (QED) is 0.148. The smallest absolute Gasteiger partial charge is 0.156 e. The minimum absolute atomic E-state index is 0.0770. The van der Waals surface area contributed by atoms with Crippen LogP contribution in [-0.4, -0.2) is 50.9 Å². The van der Waals surface area contributed by atoms with Crippen molar-refractivity contribution < 1.29 is 13.3 Å². The molecule has 0 fully saturated rings. The second-order valence-electron chi connectivity index (χ2n) is 13.8. The molecule has 3 aromatic heterocycles. The molecular weight excluding hydrogens is 685 g/mol. The van der Waals surface area contributed by atoms with Crippen LogP contribution in [0.3, 0.4) is 0 Å². The van der Waals surface area contributed by atoms with Crippen LogP contribution in [-0.2, 0) is 6.54 Å². The summed E-state index contributed by atoms with van der Waals surface area (Å²) in [6.07, 6.45) is 0. The molecule has 6 nitrogen and oxygen atoms in total. The third kappa shape index (κ3) is 5.41. The highest BCUT2D eigenvalue weighted by atomic mass is 16.3. The number of nitrogens with two attached hydrogens (primary N) is 1. The van der Waals surface area contributed by atoms with E-state index in [1.807, 2.05) is 91.0 Å². The van der Waals surface area contributed by atoms with Crippen LogP contribution in [0.2, 0.25) is 0 Å². The summed E-state index contributed by atoms with van der Waals surface area (Å²) < 4.78 is 18.6. The second kappa shape index (κ2) is 13.0. The van der Waals surface area contributed by atoms with Crippen LogP contribution in [0.5, 0.6) is 0 Å². The number of furan rings is 3. The van der Waals surface area contributed by atoms with Gasteiger partial charge in [-0.05, 0) is 71.3 Å². The Labute approximate surface area is 327 Å². The highest BCUT2D eigenvalue weighted by Gasteiger charge is 2.18. The molecule has 252 valence electrons. The van der Waals surface area contributed by atoms with E-state index < -0.39 is 0 Å². The largest absolute Gasteiger partial charge is 0.456 e. The van der Waals surface area contributed by atoms with Gasteiger partial charge in [0.25, 0.3) is 0 Å². The van der Waals surface area contributed by atoms with E-state index in [4.69, 9.17) is 68.2 Å². The molecule has 0 saturated carbocycles. The average Bonchev–Trinajstić information content (AvgIpc) is 3.91. The Hall–Kier alpha value is -6.60. The van der Waals surface area contributed by atoms with E-state index in [1.165, 1.54) is 0 Å². The van der Waals surface area contributed by atoms with Gasteiger partial charge in [0.1, 0.15) is 78.6 Å².